The number of anilines is 1. The lowest BCUT2D eigenvalue weighted by molar-refractivity contribution is 0.0950. The van der Waals surface area contributed by atoms with Crippen molar-refractivity contribution in [3.63, 3.8) is 0 Å². The Morgan fingerprint density at radius 2 is 2.00 bits per heavy atom. The van der Waals surface area contributed by atoms with E-state index in [4.69, 9.17) is 5.73 Å². The summed E-state index contributed by atoms with van der Waals surface area (Å²) >= 11 is 0. The van der Waals surface area contributed by atoms with Crippen molar-refractivity contribution < 1.29 is 4.79 Å². The highest BCUT2D eigenvalue weighted by Gasteiger charge is 2.08. The first-order chi connectivity index (χ1) is 10.6. The van der Waals surface area contributed by atoms with Crippen molar-refractivity contribution in [1.82, 2.24) is 10.3 Å². The Morgan fingerprint density at radius 3 is 2.77 bits per heavy atom. The highest BCUT2D eigenvalue weighted by atomic mass is 16.1. The summed E-state index contributed by atoms with van der Waals surface area (Å²) in [5.41, 5.74) is 10.4. The molecule has 0 aliphatic carbocycles. The van der Waals surface area contributed by atoms with E-state index in [1.54, 1.807) is 0 Å². The molecule has 0 radical (unpaired) electrons. The minimum atomic E-state index is -0.0794. The summed E-state index contributed by atoms with van der Waals surface area (Å²) in [5, 5.41) is 3.99. The molecule has 4 nitrogen and oxygen atoms in total. The van der Waals surface area contributed by atoms with Crippen LogP contribution < -0.4 is 11.1 Å². The standard InChI is InChI=1S/C18H19N3O/c1-12-10-15(19)7-6-13(12)8-9-20-18(22)17-11-14-4-2-3-5-16(14)21-17/h2-7,10-11,21H,8-9,19H2,1H3,(H,20,22). The molecule has 0 fully saturated rings. The Balaban J connectivity index is 1.62. The summed E-state index contributed by atoms with van der Waals surface area (Å²) in [6.07, 6.45) is 0.790. The largest absolute Gasteiger partial charge is 0.399 e. The average Bonchev–Trinajstić information content (AvgIpc) is 2.93. The van der Waals surface area contributed by atoms with Crippen LogP contribution in [-0.4, -0.2) is 17.4 Å². The molecule has 0 spiro atoms. The second-order valence-electron chi connectivity index (χ2n) is 5.46. The molecular formula is C18H19N3O. The molecule has 0 aliphatic rings. The van der Waals surface area contributed by atoms with Gasteiger partial charge in [0, 0.05) is 23.1 Å². The fraction of sp³-hybridized carbons (Fsp3) is 0.167. The first kappa shape index (κ1) is 14.2. The molecule has 0 aliphatic heterocycles. The van der Waals surface area contributed by atoms with Gasteiger partial charge in [0.25, 0.3) is 5.91 Å². The third-order valence-electron chi connectivity index (χ3n) is 3.82. The minimum Gasteiger partial charge on any atom is -0.399 e. The molecule has 112 valence electrons. The summed E-state index contributed by atoms with van der Waals surface area (Å²) < 4.78 is 0. The van der Waals surface area contributed by atoms with Crippen LogP contribution in [0.4, 0.5) is 5.69 Å². The maximum absolute atomic E-state index is 12.2. The van der Waals surface area contributed by atoms with Gasteiger partial charge in [0.15, 0.2) is 0 Å². The third-order valence-corrected chi connectivity index (χ3v) is 3.82. The molecule has 2 aromatic carbocycles. The molecule has 3 aromatic rings. The second-order valence-corrected chi connectivity index (χ2v) is 5.46. The Morgan fingerprint density at radius 1 is 1.18 bits per heavy atom. The summed E-state index contributed by atoms with van der Waals surface area (Å²) in [6.45, 7) is 2.63. The quantitative estimate of drug-likeness (QED) is 0.647. The number of aromatic nitrogens is 1. The van der Waals surface area contributed by atoms with Gasteiger partial charge in [0.05, 0.1) is 0 Å². The SMILES string of the molecule is Cc1cc(N)ccc1CCNC(=O)c1cc2ccccc2[nH]1. The highest BCUT2D eigenvalue weighted by Crippen LogP contribution is 2.15. The average molecular weight is 293 g/mol. The Kier molecular flexibility index (Phi) is 3.83. The number of amides is 1. The van der Waals surface area contributed by atoms with Crippen LogP contribution in [0.25, 0.3) is 10.9 Å². The third kappa shape index (κ3) is 2.96. The number of rotatable bonds is 4. The lowest BCUT2D eigenvalue weighted by Gasteiger charge is -2.07. The van der Waals surface area contributed by atoms with Crippen LogP contribution in [0.2, 0.25) is 0 Å². The molecule has 0 atom stereocenters. The number of nitrogens with two attached hydrogens (primary N) is 1. The Bertz CT molecular complexity index is 787. The number of nitrogens with one attached hydrogen (secondary N) is 2. The van der Waals surface area contributed by atoms with Gasteiger partial charge in [-0.25, -0.2) is 0 Å². The van der Waals surface area contributed by atoms with Crippen LogP contribution in [0.5, 0.6) is 0 Å². The predicted octanol–water partition coefficient (Wildman–Crippen LogP) is 3.03. The van der Waals surface area contributed by atoms with E-state index in [1.165, 1.54) is 5.56 Å². The summed E-state index contributed by atoms with van der Waals surface area (Å²) in [6, 6.07) is 15.6. The molecule has 1 heterocycles. The van der Waals surface area contributed by atoms with E-state index in [1.807, 2.05) is 55.5 Å². The monoisotopic (exact) mass is 293 g/mol. The molecule has 0 saturated carbocycles. The number of nitrogen functional groups attached to an aromatic ring is 1. The van der Waals surface area contributed by atoms with Gasteiger partial charge in [0.2, 0.25) is 0 Å². The first-order valence-corrected chi connectivity index (χ1v) is 7.34. The van der Waals surface area contributed by atoms with Gasteiger partial charge in [0.1, 0.15) is 5.69 Å². The molecule has 1 aromatic heterocycles. The zero-order valence-electron chi connectivity index (χ0n) is 12.5. The van der Waals surface area contributed by atoms with E-state index in [-0.39, 0.29) is 5.91 Å². The number of H-pyrrole nitrogens is 1. The summed E-state index contributed by atoms with van der Waals surface area (Å²) in [7, 11) is 0. The van der Waals surface area contributed by atoms with Crippen molar-refractivity contribution in [3.8, 4) is 0 Å². The van der Waals surface area contributed by atoms with Crippen LogP contribution in [0.3, 0.4) is 0 Å². The van der Waals surface area contributed by atoms with Crippen molar-refractivity contribution in [2.75, 3.05) is 12.3 Å². The highest BCUT2D eigenvalue weighted by molar-refractivity contribution is 5.97. The van der Waals surface area contributed by atoms with Gasteiger partial charge < -0.3 is 16.0 Å². The number of aryl methyl sites for hydroxylation is 1. The first-order valence-electron chi connectivity index (χ1n) is 7.34. The number of aromatic amines is 1. The normalized spacial score (nSPS) is 10.8. The minimum absolute atomic E-state index is 0.0794. The van der Waals surface area contributed by atoms with Crippen molar-refractivity contribution in [3.05, 3.63) is 65.4 Å². The lowest BCUT2D eigenvalue weighted by atomic mass is 10.1. The summed E-state index contributed by atoms with van der Waals surface area (Å²) in [5.74, 6) is -0.0794. The number of carbonyl (C=O) groups is 1. The van der Waals surface area contributed by atoms with Crippen molar-refractivity contribution >= 4 is 22.5 Å². The van der Waals surface area contributed by atoms with E-state index in [9.17, 15) is 4.79 Å². The maximum atomic E-state index is 12.2. The van der Waals surface area contributed by atoms with E-state index in [2.05, 4.69) is 10.3 Å². The number of hydrogen-bond donors (Lipinski definition) is 3. The molecule has 4 heteroatoms. The summed E-state index contributed by atoms with van der Waals surface area (Å²) in [4.78, 5) is 15.3. The fourth-order valence-corrected chi connectivity index (χ4v) is 2.60. The van der Waals surface area contributed by atoms with Crippen LogP contribution in [0.1, 0.15) is 21.6 Å². The number of benzene rings is 2. The Hall–Kier alpha value is -2.75. The molecule has 0 saturated heterocycles. The van der Waals surface area contributed by atoms with Crippen LogP contribution >= 0.6 is 0 Å². The van der Waals surface area contributed by atoms with Crippen molar-refractivity contribution in [1.29, 1.82) is 0 Å². The van der Waals surface area contributed by atoms with Gasteiger partial charge in [-0.3, -0.25) is 4.79 Å². The van der Waals surface area contributed by atoms with E-state index >= 15 is 0 Å². The lowest BCUT2D eigenvalue weighted by Crippen LogP contribution is -2.26. The van der Waals surface area contributed by atoms with E-state index < -0.39 is 0 Å². The Labute approximate surface area is 129 Å². The smallest absolute Gasteiger partial charge is 0.267 e. The van der Waals surface area contributed by atoms with Gasteiger partial charge in [-0.2, -0.15) is 0 Å². The van der Waals surface area contributed by atoms with Gasteiger partial charge in [-0.1, -0.05) is 24.3 Å². The maximum Gasteiger partial charge on any atom is 0.267 e. The van der Waals surface area contributed by atoms with Gasteiger partial charge in [-0.05, 0) is 48.7 Å². The number of carbonyl (C=O) groups excluding carboxylic acids is 1. The number of hydrogen-bond acceptors (Lipinski definition) is 2. The topological polar surface area (TPSA) is 70.9 Å². The van der Waals surface area contributed by atoms with Crippen LogP contribution in [0, 0.1) is 6.92 Å². The second kappa shape index (κ2) is 5.93. The molecule has 0 bridgehead atoms. The van der Waals surface area contributed by atoms with E-state index in [0.717, 1.165) is 28.6 Å². The molecule has 3 rings (SSSR count). The molecule has 4 N–H and O–H groups in total. The zero-order valence-corrected chi connectivity index (χ0v) is 12.5. The number of para-hydroxylation sites is 1. The molecule has 1 amide bonds. The van der Waals surface area contributed by atoms with Crippen molar-refractivity contribution in [2.45, 2.75) is 13.3 Å². The van der Waals surface area contributed by atoms with Crippen LogP contribution in [-0.2, 0) is 6.42 Å². The molecule has 22 heavy (non-hydrogen) atoms. The van der Waals surface area contributed by atoms with Crippen molar-refractivity contribution in [2.24, 2.45) is 0 Å². The molecule has 0 unspecified atom stereocenters. The predicted molar refractivity (Wildman–Crippen MR) is 89.9 cm³/mol. The zero-order chi connectivity index (χ0) is 15.5. The van der Waals surface area contributed by atoms with Crippen LogP contribution in [0.15, 0.2) is 48.5 Å². The van der Waals surface area contributed by atoms with Gasteiger partial charge in [-0.15, -0.1) is 0 Å². The van der Waals surface area contributed by atoms with E-state index in [0.29, 0.717) is 12.2 Å². The molecular weight excluding hydrogens is 274 g/mol. The fourth-order valence-electron chi connectivity index (χ4n) is 2.60. The number of fused-ring (bicyclic) bond motifs is 1. The van der Waals surface area contributed by atoms with Gasteiger partial charge >= 0.3 is 0 Å².